The van der Waals surface area contributed by atoms with Crippen LogP contribution in [0, 0.1) is 17.8 Å². The van der Waals surface area contributed by atoms with Crippen LogP contribution in [0.1, 0.15) is 32.1 Å². The molecule has 15 heavy (non-hydrogen) atoms. The molecule has 0 aromatic carbocycles. The van der Waals surface area contributed by atoms with Crippen molar-refractivity contribution in [2.24, 2.45) is 17.8 Å². The third kappa shape index (κ3) is 1.78. The first-order valence-electron chi connectivity index (χ1n) is 6.20. The van der Waals surface area contributed by atoms with Gasteiger partial charge in [-0.25, -0.2) is 0 Å². The normalized spacial score (nSPS) is 44.3. The van der Waals surface area contributed by atoms with Gasteiger partial charge < -0.3 is 5.11 Å². The van der Waals surface area contributed by atoms with E-state index in [9.17, 15) is 4.79 Å². The van der Waals surface area contributed by atoms with Crippen molar-refractivity contribution in [1.29, 1.82) is 0 Å². The minimum atomic E-state index is -0.627. The number of hydrogen-bond acceptors (Lipinski definition) is 2. The molecule has 4 atom stereocenters. The molecule has 0 spiro atoms. The lowest BCUT2D eigenvalue weighted by Crippen LogP contribution is -2.33. The highest BCUT2D eigenvalue weighted by Crippen LogP contribution is 2.54. The molecule has 0 radical (unpaired) electrons. The molecule has 2 aliphatic carbocycles. The lowest BCUT2D eigenvalue weighted by Gasteiger charge is -2.25. The van der Waals surface area contributed by atoms with Crippen molar-refractivity contribution in [3.05, 3.63) is 0 Å². The number of aliphatic carboxylic acids is 1. The van der Waals surface area contributed by atoms with Crippen LogP contribution >= 0.6 is 0 Å². The highest BCUT2D eigenvalue weighted by Gasteiger charge is 2.50. The van der Waals surface area contributed by atoms with E-state index in [-0.39, 0.29) is 0 Å². The highest BCUT2D eigenvalue weighted by molar-refractivity contribution is 5.67. The van der Waals surface area contributed by atoms with Gasteiger partial charge in [-0.2, -0.15) is 0 Å². The van der Waals surface area contributed by atoms with E-state index < -0.39 is 5.97 Å². The van der Waals surface area contributed by atoms with Crippen LogP contribution in [0.4, 0.5) is 0 Å². The molecule has 0 bridgehead atoms. The molecular weight excluding hydrogens is 190 g/mol. The quantitative estimate of drug-likeness (QED) is 0.767. The molecule has 1 heterocycles. The van der Waals surface area contributed by atoms with Gasteiger partial charge in [0, 0.05) is 19.0 Å². The Labute approximate surface area is 90.5 Å². The fourth-order valence-corrected chi connectivity index (χ4v) is 3.70. The zero-order valence-corrected chi connectivity index (χ0v) is 9.06. The van der Waals surface area contributed by atoms with E-state index in [4.69, 9.17) is 5.11 Å². The number of hydrogen-bond donors (Lipinski definition) is 1. The van der Waals surface area contributed by atoms with E-state index in [1.54, 1.807) is 0 Å². The first-order valence-corrected chi connectivity index (χ1v) is 6.20. The number of likely N-dealkylation sites (tertiary alicyclic amines) is 1. The molecule has 84 valence electrons. The van der Waals surface area contributed by atoms with Crippen molar-refractivity contribution in [3.8, 4) is 0 Å². The molecule has 1 saturated heterocycles. The van der Waals surface area contributed by atoms with Crippen LogP contribution in [-0.2, 0) is 4.79 Å². The van der Waals surface area contributed by atoms with Crippen LogP contribution in [-0.4, -0.2) is 35.1 Å². The van der Waals surface area contributed by atoms with Gasteiger partial charge in [-0.3, -0.25) is 9.69 Å². The Balaban J connectivity index is 1.54. The Kier molecular flexibility index (Phi) is 2.23. The van der Waals surface area contributed by atoms with Crippen LogP contribution in [0.25, 0.3) is 0 Å². The largest absolute Gasteiger partial charge is 0.481 e. The van der Waals surface area contributed by atoms with Gasteiger partial charge in [0.2, 0.25) is 0 Å². The van der Waals surface area contributed by atoms with Crippen LogP contribution in [0.15, 0.2) is 0 Å². The monoisotopic (exact) mass is 209 g/mol. The molecular formula is C12H19NO2. The van der Waals surface area contributed by atoms with E-state index in [1.165, 1.54) is 19.3 Å². The first-order chi connectivity index (χ1) is 7.24. The summed E-state index contributed by atoms with van der Waals surface area (Å²) in [5.41, 5.74) is 0. The third-order valence-corrected chi connectivity index (χ3v) is 4.55. The van der Waals surface area contributed by atoms with Gasteiger partial charge in [-0.1, -0.05) is 0 Å². The van der Waals surface area contributed by atoms with E-state index in [0.29, 0.717) is 12.3 Å². The zero-order valence-electron chi connectivity index (χ0n) is 9.06. The fraction of sp³-hybridized carbons (Fsp3) is 0.917. The minimum absolute atomic E-state index is 0.372. The van der Waals surface area contributed by atoms with E-state index >= 15 is 0 Å². The van der Waals surface area contributed by atoms with E-state index in [2.05, 4.69) is 4.90 Å². The van der Waals surface area contributed by atoms with Gasteiger partial charge in [0.25, 0.3) is 0 Å². The van der Waals surface area contributed by atoms with E-state index in [1.807, 2.05) is 0 Å². The Morgan fingerprint density at radius 2 is 2.20 bits per heavy atom. The molecule has 3 nitrogen and oxygen atoms in total. The number of carboxylic acid groups (broad SMARTS) is 1. The van der Waals surface area contributed by atoms with Gasteiger partial charge in [0.1, 0.15) is 0 Å². The topological polar surface area (TPSA) is 40.5 Å². The van der Waals surface area contributed by atoms with Gasteiger partial charge in [0.15, 0.2) is 0 Å². The molecule has 0 aromatic heterocycles. The Morgan fingerprint density at radius 3 is 2.80 bits per heavy atom. The Morgan fingerprint density at radius 1 is 1.33 bits per heavy atom. The van der Waals surface area contributed by atoms with Crippen LogP contribution in [0.5, 0.6) is 0 Å². The molecule has 3 heteroatoms. The molecule has 0 aromatic rings. The molecule has 3 aliphatic rings. The number of carbonyl (C=O) groups is 1. The summed E-state index contributed by atoms with van der Waals surface area (Å²) >= 11 is 0. The van der Waals surface area contributed by atoms with Crippen molar-refractivity contribution in [3.63, 3.8) is 0 Å². The van der Waals surface area contributed by atoms with Crippen LogP contribution in [0.3, 0.4) is 0 Å². The summed E-state index contributed by atoms with van der Waals surface area (Å²) in [7, 11) is 0. The number of carboxylic acids is 1. The van der Waals surface area contributed by atoms with Crippen LogP contribution in [0.2, 0.25) is 0 Å². The highest BCUT2D eigenvalue weighted by atomic mass is 16.4. The van der Waals surface area contributed by atoms with Crippen LogP contribution < -0.4 is 0 Å². The van der Waals surface area contributed by atoms with E-state index in [0.717, 1.165) is 37.4 Å². The third-order valence-electron chi connectivity index (χ3n) is 4.55. The molecule has 4 unspecified atom stereocenters. The SMILES string of the molecule is O=C(O)CC1CCN(C2CCC3CC32)C1. The summed E-state index contributed by atoms with van der Waals surface area (Å²) in [6, 6.07) is 0.814. The Bertz CT molecular complexity index is 279. The second kappa shape index (κ2) is 3.48. The second-order valence-corrected chi connectivity index (χ2v) is 5.55. The zero-order chi connectivity index (χ0) is 10.4. The maximum atomic E-state index is 10.6. The average Bonchev–Trinajstić information content (AvgIpc) is 2.63. The summed E-state index contributed by atoms with van der Waals surface area (Å²) in [5.74, 6) is 1.81. The minimum Gasteiger partial charge on any atom is -0.481 e. The van der Waals surface area contributed by atoms with Crippen molar-refractivity contribution in [2.45, 2.75) is 38.1 Å². The predicted octanol–water partition coefficient (Wildman–Crippen LogP) is 1.58. The number of nitrogens with zero attached hydrogens (tertiary/aromatic N) is 1. The molecule has 3 fully saturated rings. The summed E-state index contributed by atoms with van der Waals surface area (Å²) in [6.07, 6.45) is 5.72. The molecule has 1 N–H and O–H groups in total. The van der Waals surface area contributed by atoms with Crippen molar-refractivity contribution in [2.75, 3.05) is 13.1 Å². The van der Waals surface area contributed by atoms with Crippen molar-refractivity contribution in [1.82, 2.24) is 4.90 Å². The first kappa shape index (κ1) is 9.64. The standard InChI is InChI=1S/C12H19NO2/c14-12(15)5-8-3-4-13(7-8)11-2-1-9-6-10(9)11/h8-11H,1-7H2,(H,14,15). The Hall–Kier alpha value is -0.570. The van der Waals surface area contributed by atoms with Gasteiger partial charge >= 0.3 is 5.97 Å². The van der Waals surface area contributed by atoms with Gasteiger partial charge in [-0.05, 0) is 50.0 Å². The second-order valence-electron chi connectivity index (χ2n) is 5.55. The summed E-state index contributed by atoms with van der Waals surface area (Å²) in [4.78, 5) is 13.2. The smallest absolute Gasteiger partial charge is 0.303 e. The maximum Gasteiger partial charge on any atom is 0.303 e. The average molecular weight is 209 g/mol. The molecule has 3 rings (SSSR count). The lowest BCUT2D eigenvalue weighted by molar-refractivity contribution is -0.138. The predicted molar refractivity (Wildman–Crippen MR) is 56.6 cm³/mol. The van der Waals surface area contributed by atoms with Gasteiger partial charge in [0.05, 0.1) is 0 Å². The molecule has 0 amide bonds. The van der Waals surface area contributed by atoms with Crippen molar-refractivity contribution >= 4 is 5.97 Å². The van der Waals surface area contributed by atoms with Crippen molar-refractivity contribution < 1.29 is 9.90 Å². The summed E-state index contributed by atoms with van der Waals surface area (Å²) < 4.78 is 0. The fourth-order valence-electron chi connectivity index (χ4n) is 3.70. The number of rotatable bonds is 3. The molecule has 1 aliphatic heterocycles. The molecule has 2 saturated carbocycles. The summed E-state index contributed by atoms with van der Waals surface area (Å²) in [5, 5.41) is 8.77. The number of fused-ring (bicyclic) bond motifs is 1. The van der Waals surface area contributed by atoms with Gasteiger partial charge in [-0.15, -0.1) is 0 Å². The summed E-state index contributed by atoms with van der Waals surface area (Å²) in [6.45, 7) is 2.19. The lowest BCUT2D eigenvalue weighted by atomic mass is 10.1. The maximum absolute atomic E-state index is 10.6.